The van der Waals surface area contributed by atoms with Gasteiger partial charge < -0.3 is 5.32 Å². The van der Waals surface area contributed by atoms with Crippen molar-refractivity contribution in [3.8, 4) is 0 Å². The van der Waals surface area contributed by atoms with Crippen LogP contribution in [0.1, 0.15) is 10.4 Å². The van der Waals surface area contributed by atoms with E-state index in [2.05, 4.69) is 37.2 Å². The monoisotopic (exact) mass is 439 g/mol. The molecule has 7 heteroatoms. The Morgan fingerprint density at radius 2 is 1.70 bits per heavy atom. The smallest absolute Gasteiger partial charge is 0.255 e. The van der Waals surface area contributed by atoms with Crippen LogP contribution in [-0.4, -0.2) is 5.91 Å². The van der Waals surface area contributed by atoms with E-state index in [0.717, 1.165) is 6.07 Å². The zero-order valence-electron chi connectivity index (χ0n) is 9.68. The molecule has 0 atom stereocenters. The van der Waals surface area contributed by atoms with Crippen LogP contribution in [0.3, 0.4) is 0 Å². The zero-order valence-corrected chi connectivity index (χ0v) is 14.4. The molecule has 0 aliphatic rings. The quantitative estimate of drug-likeness (QED) is 0.616. The lowest BCUT2D eigenvalue weighted by Crippen LogP contribution is -2.13. The number of rotatable bonds is 2. The number of anilines is 1. The molecule has 0 aliphatic carbocycles. The van der Waals surface area contributed by atoms with Crippen LogP contribution in [0.4, 0.5) is 10.1 Å². The number of nitrogens with one attached hydrogen (secondary N) is 1. The van der Waals surface area contributed by atoms with Crippen LogP contribution in [0, 0.1) is 5.82 Å². The highest BCUT2D eigenvalue weighted by molar-refractivity contribution is 9.10. The second kappa shape index (κ2) is 6.43. The fourth-order valence-corrected chi connectivity index (χ4v) is 3.03. The van der Waals surface area contributed by atoms with Crippen LogP contribution in [0.5, 0.6) is 0 Å². The predicted octanol–water partition coefficient (Wildman–Crippen LogP) is 5.91. The van der Waals surface area contributed by atoms with Crippen molar-refractivity contribution >= 4 is 66.7 Å². The summed E-state index contributed by atoms with van der Waals surface area (Å²) in [6.07, 6.45) is 0. The van der Waals surface area contributed by atoms with Crippen molar-refractivity contribution < 1.29 is 9.18 Å². The molecule has 104 valence electrons. The molecule has 2 rings (SSSR count). The van der Waals surface area contributed by atoms with E-state index in [-0.39, 0.29) is 25.8 Å². The summed E-state index contributed by atoms with van der Waals surface area (Å²) < 4.78 is 14.4. The highest BCUT2D eigenvalue weighted by Gasteiger charge is 2.14. The van der Waals surface area contributed by atoms with E-state index in [1.165, 1.54) is 12.1 Å². The van der Waals surface area contributed by atoms with Gasteiger partial charge in [0.15, 0.2) is 0 Å². The molecule has 0 aliphatic heterocycles. The molecule has 20 heavy (non-hydrogen) atoms. The largest absolute Gasteiger partial charge is 0.319 e. The van der Waals surface area contributed by atoms with Crippen LogP contribution in [0.2, 0.25) is 10.0 Å². The van der Waals surface area contributed by atoms with Gasteiger partial charge in [0.2, 0.25) is 0 Å². The van der Waals surface area contributed by atoms with Crippen LogP contribution < -0.4 is 5.32 Å². The Balaban J connectivity index is 2.30. The van der Waals surface area contributed by atoms with E-state index < -0.39 is 11.7 Å². The van der Waals surface area contributed by atoms with E-state index in [4.69, 9.17) is 23.2 Å². The molecule has 0 bridgehead atoms. The van der Waals surface area contributed by atoms with Gasteiger partial charge in [-0.1, -0.05) is 39.1 Å². The molecule has 0 heterocycles. The fraction of sp³-hybridized carbons (Fsp3) is 0. The first-order valence-corrected chi connectivity index (χ1v) is 7.63. The maximum Gasteiger partial charge on any atom is 0.255 e. The molecule has 0 aromatic heterocycles. The fourth-order valence-electron chi connectivity index (χ4n) is 1.48. The molecular weight excluding hydrogens is 436 g/mol. The summed E-state index contributed by atoms with van der Waals surface area (Å²) in [5.74, 6) is -1.02. The first-order valence-electron chi connectivity index (χ1n) is 5.29. The molecule has 1 N–H and O–H groups in total. The predicted molar refractivity (Wildman–Crippen MR) is 86.2 cm³/mol. The SMILES string of the molecule is O=C(Nc1c(Cl)cc(Br)cc1Cl)c1ccc(Br)c(F)c1. The van der Waals surface area contributed by atoms with Crippen LogP contribution in [-0.2, 0) is 0 Å². The highest BCUT2D eigenvalue weighted by atomic mass is 79.9. The molecule has 1 amide bonds. The number of amides is 1. The average molecular weight is 442 g/mol. The van der Waals surface area contributed by atoms with Crippen molar-refractivity contribution in [2.45, 2.75) is 0 Å². The van der Waals surface area contributed by atoms with Gasteiger partial charge in [-0.25, -0.2) is 4.39 Å². The third-order valence-corrected chi connectivity index (χ3v) is 4.12. The number of hydrogen-bond acceptors (Lipinski definition) is 1. The van der Waals surface area contributed by atoms with Crippen molar-refractivity contribution in [2.75, 3.05) is 5.32 Å². The Morgan fingerprint density at radius 1 is 1.10 bits per heavy atom. The molecule has 0 unspecified atom stereocenters. The Kier molecular flexibility index (Phi) is 5.07. The van der Waals surface area contributed by atoms with E-state index in [1.54, 1.807) is 12.1 Å². The molecule has 2 aromatic rings. The number of halogens is 5. The van der Waals surface area contributed by atoms with Gasteiger partial charge in [-0.15, -0.1) is 0 Å². The number of benzene rings is 2. The normalized spacial score (nSPS) is 10.4. The highest BCUT2D eigenvalue weighted by Crippen LogP contribution is 2.34. The number of carbonyl (C=O) groups excluding carboxylic acids is 1. The number of carbonyl (C=O) groups is 1. The summed E-state index contributed by atoms with van der Waals surface area (Å²) in [5, 5.41) is 3.14. The topological polar surface area (TPSA) is 29.1 Å². The van der Waals surface area contributed by atoms with E-state index in [0.29, 0.717) is 4.47 Å². The maximum atomic E-state index is 13.4. The zero-order chi connectivity index (χ0) is 14.9. The van der Waals surface area contributed by atoms with Gasteiger partial charge in [-0.3, -0.25) is 4.79 Å². The summed E-state index contributed by atoms with van der Waals surface area (Å²) in [6, 6.07) is 7.27. The standard InChI is InChI=1S/C13H6Br2Cl2FNO/c14-7-4-9(16)12(10(17)5-7)19-13(20)6-1-2-8(15)11(18)3-6/h1-5H,(H,19,20). The lowest BCUT2D eigenvalue weighted by molar-refractivity contribution is 0.102. The second-order valence-corrected chi connectivity index (χ2v) is 6.41. The lowest BCUT2D eigenvalue weighted by atomic mass is 10.2. The average Bonchev–Trinajstić information content (AvgIpc) is 2.36. The van der Waals surface area contributed by atoms with E-state index in [1.807, 2.05) is 0 Å². The van der Waals surface area contributed by atoms with Gasteiger partial charge >= 0.3 is 0 Å². The first kappa shape index (κ1) is 15.8. The van der Waals surface area contributed by atoms with Crippen LogP contribution >= 0.6 is 55.1 Å². The Bertz CT molecular complexity index is 671. The summed E-state index contributed by atoms with van der Waals surface area (Å²) in [7, 11) is 0. The van der Waals surface area contributed by atoms with Gasteiger partial charge in [0.05, 0.1) is 20.2 Å². The summed E-state index contributed by atoms with van der Waals surface area (Å²) in [6.45, 7) is 0. The third kappa shape index (κ3) is 3.52. The van der Waals surface area contributed by atoms with E-state index >= 15 is 0 Å². The third-order valence-electron chi connectivity index (χ3n) is 2.43. The Morgan fingerprint density at radius 3 is 2.25 bits per heavy atom. The van der Waals surface area contributed by atoms with E-state index in [9.17, 15) is 9.18 Å². The molecule has 2 aromatic carbocycles. The molecule has 2 nitrogen and oxygen atoms in total. The van der Waals surface area contributed by atoms with Gasteiger partial charge in [-0.05, 0) is 46.3 Å². The molecule has 0 saturated carbocycles. The lowest BCUT2D eigenvalue weighted by Gasteiger charge is -2.10. The van der Waals surface area contributed by atoms with Gasteiger partial charge in [0.1, 0.15) is 5.82 Å². The minimum atomic E-state index is -0.523. The van der Waals surface area contributed by atoms with Crippen LogP contribution in [0.15, 0.2) is 39.3 Å². The van der Waals surface area contributed by atoms with Crippen LogP contribution in [0.25, 0.3) is 0 Å². The van der Waals surface area contributed by atoms with Gasteiger partial charge in [0, 0.05) is 10.0 Å². The second-order valence-electron chi connectivity index (χ2n) is 3.83. The maximum absolute atomic E-state index is 13.4. The molecule has 0 spiro atoms. The van der Waals surface area contributed by atoms with Crippen molar-refractivity contribution in [3.05, 3.63) is 60.7 Å². The Hall–Kier alpha value is -0.620. The minimum absolute atomic E-state index is 0.167. The molecule has 0 radical (unpaired) electrons. The summed E-state index contributed by atoms with van der Waals surface area (Å²) >= 11 is 18.3. The molecule has 0 saturated heterocycles. The van der Waals surface area contributed by atoms with Gasteiger partial charge in [0.25, 0.3) is 5.91 Å². The molecule has 0 fully saturated rings. The van der Waals surface area contributed by atoms with Crippen molar-refractivity contribution in [1.82, 2.24) is 0 Å². The summed E-state index contributed by atoms with van der Waals surface area (Å²) in [4.78, 5) is 12.0. The van der Waals surface area contributed by atoms with Gasteiger partial charge in [-0.2, -0.15) is 0 Å². The Labute approximate surface area is 141 Å². The molecular formula is C13H6Br2Cl2FNO. The van der Waals surface area contributed by atoms with Crippen molar-refractivity contribution in [3.63, 3.8) is 0 Å². The van der Waals surface area contributed by atoms with Crippen molar-refractivity contribution in [1.29, 1.82) is 0 Å². The number of hydrogen-bond donors (Lipinski definition) is 1. The first-order chi connectivity index (χ1) is 9.38. The summed E-state index contributed by atoms with van der Waals surface area (Å²) in [5.41, 5.74) is 0.450. The van der Waals surface area contributed by atoms with Crippen molar-refractivity contribution in [2.24, 2.45) is 0 Å². The minimum Gasteiger partial charge on any atom is -0.319 e.